The molecule has 1 N–H and O–H groups in total. The lowest BCUT2D eigenvalue weighted by atomic mass is 10.1. The summed E-state index contributed by atoms with van der Waals surface area (Å²) in [6, 6.07) is 10.5. The van der Waals surface area contributed by atoms with Crippen LogP contribution >= 0.6 is 0 Å². The van der Waals surface area contributed by atoms with Gasteiger partial charge in [0.2, 0.25) is 0 Å². The highest BCUT2D eigenvalue weighted by atomic mass is 19.4. The van der Waals surface area contributed by atoms with E-state index >= 15 is 0 Å². The molecule has 1 atom stereocenters. The van der Waals surface area contributed by atoms with Crippen LogP contribution in [-0.2, 0) is 6.18 Å². The van der Waals surface area contributed by atoms with Gasteiger partial charge in [-0.1, -0.05) is 18.2 Å². The summed E-state index contributed by atoms with van der Waals surface area (Å²) in [4.78, 5) is 0. The topological polar surface area (TPSA) is 21.3 Å². The maximum atomic E-state index is 13.0. The molecule has 0 aliphatic carbocycles. The Hall–Kier alpha value is -2.08. The molecule has 2 nitrogen and oxygen atoms in total. The minimum Gasteiger partial charge on any atom is -0.486 e. The van der Waals surface area contributed by atoms with Crippen molar-refractivity contribution in [3.8, 4) is 5.75 Å². The van der Waals surface area contributed by atoms with Crippen molar-refractivity contribution in [1.29, 1.82) is 0 Å². The van der Waals surface area contributed by atoms with Gasteiger partial charge in [0, 0.05) is 6.42 Å². The maximum Gasteiger partial charge on any atom is 0.416 e. The average molecular weight is 327 g/mol. The van der Waals surface area contributed by atoms with Crippen molar-refractivity contribution in [2.75, 3.05) is 13.6 Å². The Labute approximate surface area is 132 Å². The van der Waals surface area contributed by atoms with Crippen molar-refractivity contribution >= 4 is 0 Å². The Morgan fingerprint density at radius 3 is 2.39 bits per heavy atom. The van der Waals surface area contributed by atoms with E-state index in [1.807, 2.05) is 0 Å². The first kappa shape index (κ1) is 17.3. The van der Waals surface area contributed by atoms with Crippen molar-refractivity contribution in [3.63, 3.8) is 0 Å². The summed E-state index contributed by atoms with van der Waals surface area (Å²) in [6.07, 6.45) is -4.35. The lowest BCUT2D eigenvalue weighted by molar-refractivity contribution is -0.137. The van der Waals surface area contributed by atoms with Crippen LogP contribution in [0.3, 0.4) is 0 Å². The Bertz CT molecular complexity index is 625. The molecule has 0 heterocycles. The minimum atomic E-state index is -4.42. The van der Waals surface area contributed by atoms with Crippen LogP contribution in [0.25, 0.3) is 0 Å². The van der Waals surface area contributed by atoms with E-state index in [2.05, 4.69) is 5.32 Å². The normalized spacial score (nSPS) is 12.9. The molecule has 23 heavy (non-hydrogen) atoms. The van der Waals surface area contributed by atoms with Crippen LogP contribution in [0.2, 0.25) is 0 Å². The molecule has 6 heteroatoms. The van der Waals surface area contributed by atoms with E-state index in [9.17, 15) is 17.6 Å². The van der Waals surface area contributed by atoms with Crippen LogP contribution in [0, 0.1) is 5.82 Å². The number of hydrogen-bond acceptors (Lipinski definition) is 2. The van der Waals surface area contributed by atoms with Crippen molar-refractivity contribution < 1.29 is 22.3 Å². The van der Waals surface area contributed by atoms with Gasteiger partial charge in [-0.2, -0.15) is 13.2 Å². The molecule has 0 radical (unpaired) electrons. The second-order valence-corrected chi connectivity index (χ2v) is 5.08. The van der Waals surface area contributed by atoms with Crippen molar-refractivity contribution in [2.24, 2.45) is 0 Å². The highest BCUT2D eigenvalue weighted by Crippen LogP contribution is 2.33. The van der Waals surface area contributed by atoms with E-state index in [0.717, 1.165) is 12.1 Å². The number of hydrogen-bond donors (Lipinski definition) is 1. The standard InChI is InChI=1S/C17H17F4NO/c1-22-10-9-16(12-5-7-14(18)8-6-12)23-15-4-2-3-13(11-15)17(19,20)21/h2-8,11,16,22H,9-10H2,1H3. The van der Waals surface area contributed by atoms with Crippen LogP contribution in [0.1, 0.15) is 23.7 Å². The molecule has 0 aromatic heterocycles. The molecule has 2 rings (SSSR count). The Balaban J connectivity index is 2.22. The van der Waals surface area contributed by atoms with Gasteiger partial charge in [-0.15, -0.1) is 0 Å². The summed E-state index contributed by atoms with van der Waals surface area (Å²) in [5.41, 5.74) is -0.0551. The van der Waals surface area contributed by atoms with E-state index in [1.165, 1.54) is 24.3 Å². The average Bonchev–Trinajstić information content (AvgIpc) is 2.52. The fourth-order valence-electron chi connectivity index (χ4n) is 2.16. The molecule has 1 unspecified atom stereocenters. The number of ether oxygens (including phenoxy) is 1. The molecular weight excluding hydrogens is 310 g/mol. The monoisotopic (exact) mass is 327 g/mol. The molecule has 0 saturated carbocycles. The zero-order valence-corrected chi connectivity index (χ0v) is 12.5. The molecule has 0 fully saturated rings. The molecule has 0 saturated heterocycles. The van der Waals surface area contributed by atoms with Crippen LogP contribution in [-0.4, -0.2) is 13.6 Å². The molecular formula is C17H17F4NO. The molecule has 0 amide bonds. The van der Waals surface area contributed by atoms with Crippen LogP contribution in [0.15, 0.2) is 48.5 Å². The third-order valence-electron chi connectivity index (χ3n) is 3.34. The zero-order valence-electron chi connectivity index (χ0n) is 12.5. The number of benzene rings is 2. The first-order valence-corrected chi connectivity index (χ1v) is 7.14. The quantitative estimate of drug-likeness (QED) is 0.785. The van der Waals surface area contributed by atoms with Gasteiger partial charge in [-0.25, -0.2) is 4.39 Å². The van der Waals surface area contributed by atoms with Gasteiger partial charge in [-0.05, 0) is 49.5 Å². The first-order valence-electron chi connectivity index (χ1n) is 7.14. The van der Waals surface area contributed by atoms with E-state index in [0.29, 0.717) is 18.5 Å². The van der Waals surface area contributed by atoms with Gasteiger partial charge in [-0.3, -0.25) is 0 Å². The molecule has 124 valence electrons. The van der Waals surface area contributed by atoms with Crippen LogP contribution in [0.4, 0.5) is 17.6 Å². The molecule has 0 aliphatic heterocycles. The zero-order chi connectivity index (χ0) is 16.9. The Kier molecular flexibility index (Phi) is 5.60. The Morgan fingerprint density at radius 1 is 1.09 bits per heavy atom. The van der Waals surface area contributed by atoms with Gasteiger partial charge >= 0.3 is 6.18 Å². The third-order valence-corrected chi connectivity index (χ3v) is 3.34. The van der Waals surface area contributed by atoms with Crippen molar-refractivity contribution in [2.45, 2.75) is 18.7 Å². The number of nitrogens with one attached hydrogen (secondary N) is 1. The summed E-state index contributed by atoms with van der Waals surface area (Å²) >= 11 is 0. The highest BCUT2D eigenvalue weighted by Gasteiger charge is 2.30. The molecule has 0 aliphatic rings. The van der Waals surface area contributed by atoms with E-state index in [4.69, 9.17) is 4.74 Å². The van der Waals surface area contributed by atoms with Gasteiger partial charge in [0.05, 0.1) is 5.56 Å². The van der Waals surface area contributed by atoms with Crippen LogP contribution < -0.4 is 10.1 Å². The van der Waals surface area contributed by atoms with Crippen LogP contribution in [0.5, 0.6) is 5.75 Å². The van der Waals surface area contributed by atoms with E-state index < -0.39 is 17.8 Å². The van der Waals surface area contributed by atoms with Gasteiger partial charge in [0.1, 0.15) is 17.7 Å². The summed E-state index contributed by atoms with van der Waals surface area (Å²) in [5.74, 6) is -0.245. The molecule has 0 bridgehead atoms. The van der Waals surface area contributed by atoms with Gasteiger partial charge in [0.15, 0.2) is 0 Å². The molecule has 2 aromatic carbocycles. The second-order valence-electron chi connectivity index (χ2n) is 5.08. The smallest absolute Gasteiger partial charge is 0.416 e. The number of rotatable bonds is 6. The van der Waals surface area contributed by atoms with Gasteiger partial charge in [0.25, 0.3) is 0 Å². The highest BCUT2D eigenvalue weighted by molar-refractivity contribution is 5.31. The Morgan fingerprint density at radius 2 is 1.78 bits per heavy atom. The lowest BCUT2D eigenvalue weighted by Gasteiger charge is -2.20. The SMILES string of the molecule is CNCCC(Oc1cccc(C(F)(F)F)c1)c1ccc(F)cc1. The predicted molar refractivity (Wildman–Crippen MR) is 79.8 cm³/mol. The third kappa shape index (κ3) is 4.96. The first-order chi connectivity index (χ1) is 10.9. The van der Waals surface area contributed by atoms with E-state index in [-0.39, 0.29) is 11.6 Å². The lowest BCUT2D eigenvalue weighted by Crippen LogP contribution is -2.16. The fourth-order valence-corrected chi connectivity index (χ4v) is 2.16. The summed E-state index contributed by atoms with van der Waals surface area (Å²) in [5, 5.41) is 2.97. The number of alkyl halides is 3. The molecule has 2 aromatic rings. The summed E-state index contributed by atoms with van der Waals surface area (Å²) in [7, 11) is 1.77. The minimum absolute atomic E-state index is 0.130. The number of halogens is 4. The van der Waals surface area contributed by atoms with Crippen molar-refractivity contribution in [1.82, 2.24) is 5.32 Å². The second kappa shape index (κ2) is 7.46. The maximum absolute atomic E-state index is 13.0. The van der Waals surface area contributed by atoms with E-state index in [1.54, 1.807) is 19.2 Å². The summed E-state index contributed by atoms with van der Waals surface area (Å²) in [6.45, 7) is 0.612. The van der Waals surface area contributed by atoms with Crippen molar-refractivity contribution in [3.05, 3.63) is 65.5 Å². The largest absolute Gasteiger partial charge is 0.486 e. The fraction of sp³-hybridized carbons (Fsp3) is 0.294. The molecule has 0 spiro atoms. The van der Waals surface area contributed by atoms with Gasteiger partial charge < -0.3 is 10.1 Å². The predicted octanol–water partition coefficient (Wildman–Crippen LogP) is 4.57. The summed E-state index contributed by atoms with van der Waals surface area (Å²) < 4.78 is 57.1.